The molecule has 48 valence electrons. The Bertz CT molecular complexity index is 68.9. The Morgan fingerprint density at radius 3 is 2.62 bits per heavy atom. The molecular weight excluding hydrogens is 100 g/mol. The van der Waals surface area contributed by atoms with Crippen LogP contribution in [0.4, 0.5) is 0 Å². The highest BCUT2D eigenvalue weighted by Gasteiger charge is 1.83. The van der Waals surface area contributed by atoms with Gasteiger partial charge in [-0.25, -0.2) is 0 Å². The quantitative estimate of drug-likeness (QED) is 0.399. The SMILES string of the molecule is C/C=N/N(C)CCC. The minimum Gasteiger partial charge on any atom is -0.300 e. The normalized spacial score (nSPS) is 10.4. The van der Waals surface area contributed by atoms with Crippen molar-refractivity contribution in [3.63, 3.8) is 0 Å². The Kier molecular flexibility index (Phi) is 4.32. The molecule has 8 heavy (non-hydrogen) atoms. The number of hydrazone groups is 1. The van der Waals surface area contributed by atoms with Crippen molar-refractivity contribution in [3.8, 4) is 0 Å². The van der Waals surface area contributed by atoms with Gasteiger partial charge < -0.3 is 5.01 Å². The van der Waals surface area contributed by atoms with Crippen molar-refractivity contribution in [2.45, 2.75) is 20.3 Å². The molecule has 0 fully saturated rings. The van der Waals surface area contributed by atoms with Gasteiger partial charge in [0, 0.05) is 19.8 Å². The Morgan fingerprint density at radius 2 is 2.25 bits per heavy atom. The van der Waals surface area contributed by atoms with Crippen LogP contribution in [-0.4, -0.2) is 24.8 Å². The van der Waals surface area contributed by atoms with E-state index in [1.807, 2.05) is 19.0 Å². The lowest BCUT2D eigenvalue weighted by Crippen LogP contribution is -2.10. The van der Waals surface area contributed by atoms with Crippen molar-refractivity contribution in [3.05, 3.63) is 0 Å². The van der Waals surface area contributed by atoms with E-state index < -0.39 is 0 Å². The van der Waals surface area contributed by atoms with Gasteiger partial charge in [-0.15, -0.1) is 0 Å². The van der Waals surface area contributed by atoms with E-state index in [1.165, 1.54) is 0 Å². The minimum atomic E-state index is 1.05. The zero-order valence-corrected chi connectivity index (χ0v) is 5.89. The predicted octanol–water partition coefficient (Wildman–Crippen LogP) is 1.33. The molecule has 0 unspecified atom stereocenters. The molecule has 0 aliphatic heterocycles. The first kappa shape index (κ1) is 7.47. The van der Waals surface area contributed by atoms with Crippen molar-refractivity contribution in [1.82, 2.24) is 5.01 Å². The van der Waals surface area contributed by atoms with Crippen LogP contribution in [0.3, 0.4) is 0 Å². The predicted molar refractivity (Wildman–Crippen MR) is 37.1 cm³/mol. The summed E-state index contributed by atoms with van der Waals surface area (Å²) in [4.78, 5) is 0. The largest absolute Gasteiger partial charge is 0.300 e. The minimum absolute atomic E-state index is 1.05. The molecule has 0 aromatic carbocycles. The van der Waals surface area contributed by atoms with E-state index >= 15 is 0 Å². The van der Waals surface area contributed by atoms with E-state index in [0.717, 1.165) is 13.0 Å². The molecule has 0 radical (unpaired) electrons. The summed E-state index contributed by atoms with van der Waals surface area (Å²) < 4.78 is 0. The highest BCUT2D eigenvalue weighted by Crippen LogP contribution is 1.83. The molecule has 0 saturated heterocycles. The average Bonchev–Trinajstić information content (AvgIpc) is 1.68. The van der Waals surface area contributed by atoms with Gasteiger partial charge in [0.25, 0.3) is 0 Å². The molecule has 0 saturated carbocycles. The summed E-state index contributed by atoms with van der Waals surface area (Å²) in [6, 6.07) is 0. The van der Waals surface area contributed by atoms with Crippen LogP contribution in [-0.2, 0) is 0 Å². The Balaban J connectivity index is 3.17. The first-order valence-corrected chi connectivity index (χ1v) is 3.01. The maximum absolute atomic E-state index is 4.02. The second kappa shape index (κ2) is 4.62. The van der Waals surface area contributed by atoms with Crippen LogP contribution in [0.25, 0.3) is 0 Å². The van der Waals surface area contributed by atoms with Crippen LogP contribution in [0.15, 0.2) is 5.10 Å². The third-order valence-corrected chi connectivity index (χ3v) is 0.860. The molecule has 2 nitrogen and oxygen atoms in total. The van der Waals surface area contributed by atoms with Gasteiger partial charge >= 0.3 is 0 Å². The van der Waals surface area contributed by atoms with Crippen LogP contribution < -0.4 is 0 Å². The summed E-state index contributed by atoms with van der Waals surface area (Å²) in [5, 5.41) is 5.95. The van der Waals surface area contributed by atoms with E-state index in [-0.39, 0.29) is 0 Å². The molecule has 0 aromatic heterocycles. The van der Waals surface area contributed by atoms with E-state index in [1.54, 1.807) is 6.21 Å². The number of nitrogens with zero attached hydrogens (tertiary/aromatic N) is 2. The van der Waals surface area contributed by atoms with Gasteiger partial charge in [0.2, 0.25) is 0 Å². The van der Waals surface area contributed by atoms with Gasteiger partial charge in [0.1, 0.15) is 0 Å². The lowest BCUT2D eigenvalue weighted by molar-refractivity contribution is 0.356. The lowest BCUT2D eigenvalue weighted by atomic mass is 10.5. The lowest BCUT2D eigenvalue weighted by Gasteiger charge is -2.08. The Morgan fingerprint density at radius 1 is 1.62 bits per heavy atom. The van der Waals surface area contributed by atoms with E-state index in [4.69, 9.17) is 0 Å². The number of hydrogen-bond donors (Lipinski definition) is 0. The van der Waals surface area contributed by atoms with Crippen LogP contribution in [0.5, 0.6) is 0 Å². The first-order valence-electron chi connectivity index (χ1n) is 3.01. The zero-order chi connectivity index (χ0) is 6.41. The van der Waals surface area contributed by atoms with Crippen molar-refractivity contribution < 1.29 is 0 Å². The summed E-state index contributed by atoms with van der Waals surface area (Å²) in [7, 11) is 1.98. The second-order valence-electron chi connectivity index (χ2n) is 1.75. The monoisotopic (exact) mass is 114 g/mol. The first-order chi connectivity index (χ1) is 3.81. The van der Waals surface area contributed by atoms with Gasteiger partial charge in [-0.05, 0) is 13.3 Å². The average molecular weight is 114 g/mol. The Labute approximate surface area is 51.2 Å². The van der Waals surface area contributed by atoms with Crippen LogP contribution in [0.1, 0.15) is 20.3 Å². The second-order valence-corrected chi connectivity index (χ2v) is 1.75. The van der Waals surface area contributed by atoms with E-state index in [9.17, 15) is 0 Å². The molecule has 2 heteroatoms. The third kappa shape index (κ3) is 3.65. The highest BCUT2D eigenvalue weighted by atomic mass is 15.4. The fourth-order valence-electron chi connectivity index (χ4n) is 0.578. The molecule has 0 atom stereocenters. The highest BCUT2D eigenvalue weighted by molar-refractivity contribution is 5.52. The smallest absolute Gasteiger partial charge is 0.0354 e. The van der Waals surface area contributed by atoms with E-state index in [0.29, 0.717) is 0 Å². The standard InChI is InChI=1S/C6H14N2/c1-4-6-8(3)7-5-2/h5H,4,6H2,1-3H3/b7-5+. The van der Waals surface area contributed by atoms with Gasteiger partial charge in [0.05, 0.1) is 0 Å². The maximum atomic E-state index is 4.02. The summed E-state index contributed by atoms with van der Waals surface area (Å²) in [6.45, 7) is 5.11. The molecular formula is C6H14N2. The molecule has 0 aliphatic carbocycles. The van der Waals surface area contributed by atoms with Gasteiger partial charge in [-0.3, -0.25) is 0 Å². The van der Waals surface area contributed by atoms with Gasteiger partial charge in [-0.2, -0.15) is 5.10 Å². The maximum Gasteiger partial charge on any atom is 0.0354 e. The van der Waals surface area contributed by atoms with E-state index in [2.05, 4.69) is 12.0 Å². The van der Waals surface area contributed by atoms with Crippen LogP contribution in [0, 0.1) is 0 Å². The van der Waals surface area contributed by atoms with Gasteiger partial charge in [-0.1, -0.05) is 6.92 Å². The topological polar surface area (TPSA) is 15.6 Å². The fourth-order valence-corrected chi connectivity index (χ4v) is 0.578. The molecule has 0 bridgehead atoms. The Hall–Kier alpha value is -0.530. The number of rotatable bonds is 3. The molecule has 0 amide bonds. The third-order valence-electron chi connectivity index (χ3n) is 0.860. The van der Waals surface area contributed by atoms with Crippen molar-refractivity contribution in [1.29, 1.82) is 0 Å². The molecule has 0 N–H and O–H groups in total. The summed E-state index contributed by atoms with van der Waals surface area (Å²) >= 11 is 0. The van der Waals surface area contributed by atoms with Crippen LogP contribution in [0.2, 0.25) is 0 Å². The molecule has 0 aromatic rings. The van der Waals surface area contributed by atoms with Crippen molar-refractivity contribution >= 4 is 6.21 Å². The summed E-state index contributed by atoms with van der Waals surface area (Å²) in [5.74, 6) is 0. The summed E-state index contributed by atoms with van der Waals surface area (Å²) in [5.41, 5.74) is 0. The van der Waals surface area contributed by atoms with Crippen molar-refractivity contribution in [2.24, 2.45) is 5.10 Å². The molecule has 0 rings (SSSR count). The molecule has 0 heterocycles. The van der Waals surface area contributed by atoms with Gasteiger partial charge in [0.15, 0.2) is 0 Å². The molecule has 0 spiro atoms. The van der Waals surface area contributed by atoms with Crippen molar-refractivity contribution in [2.75, 3.05) is 13.6 Å². The molecule has 0 aliphatic rings. The zero-order valence-electron chi connectivity index (χ0n) is 5.89. The summed E-state index contributed by atoms with van der Waals surface area (Å²) in [6.07, 6.45) is 2.96. The van der Waals surface area contributed by atoms with Crippen LogP contribution >= 0.6 is 0 Å². The fraction of sp³-hybridized carbons (Fsp3) is 0.833. The number of hydrogen-bond acceptors (Lipinski definition) is 2.